The molecule has 0 saturated carbocycles. The van der Waals surface area contributed by atoms with Gasteiger partial charge in [0, 0.05) is 0 Å². The summed E-state index contributed by atoms with van der Waals surface area (Å²) in [6.07, 6.45) is 1.18. The number of benzene rings is 1. The number of carbonyl (C=O) groups is 1. The molecule has 12 heteroatoms. The van der Waals surface area contributed by atoms with Gasteiger partial charge in [0.05, 0.1) is 0 Å². The summed E-state index contributed by atoms with van der Waals surface area (Å²) in [7, 11) is 0. The van der Waals surface area contributed by atoms with Gasteiger partial charge in [-0.15, -0.1) is 0 Å². The molecule has 35 heavy (non-hydrogen) atoms. The number of amides is 1. The molecule has 188 valence electrons. The second-order valence-electron chi connectivity index (χ2n) is 7.89. The predicted molar refractivity (Wildman–Crippen MR) is 120 cm³/mol. The number of aryl methyl sites for hydroxylation is 1. The van der Waals surface area contributed by atoms with E-state index in [0.29, 0.717) is 27.4 Å². The Morgan fingerprint density at radius 2 is 2.03 bits per heavy atom. The van der Waals surface area contributed by atoms with Crippen LogP contribution in [0.1, 0.15) is 52.9 Å². The number of alkyl halides is 4. The fourth-order valence-corrected chi connectivity index (χ4v) is 5.92. The van der Waals surface area contributed by atoms with E-state index in [0.717, 1.165) is 47.3 Å². The molecule has 2 aromatic heterocycles. The molecule has 0 aliphatic carbocycles. The fourth-order valence-electron chi connectivity index (χ4n) is 3.26. The average Bonchev–Trinajstić information content (AvgIpc) is 3.54. The third kappa shape index (κ3) is 6.67. The van der Waals surface area contributed by atoms with Crippen LogP contribution in [0.4, 0.5) is 13.2 Å². The van der Waals surface area contributed by atoms with Crippen molar-refractivity contribution in [1.82, 2.24) is 20.3 Å². The molecule has 1 N–H and O–H groups in total. The van der Waals surface area contributed by atoms with E-state index in [-0.39, 0.29) is 0 Å². The molecule has 1 fully saturated rings. The van der Waals surface area contributed by atoms with E-state index in [2.05, 4.69) is 27.2 Å². The summed E-state index contributed by atoms with van der Waals surface area (Å²) >= 11 is 0.935. The SMILES string of the molecule is CCc1cnc(-c2cc(O[I-]C3CCOC3)cc(C(=O)N[C@H](C)c3cnc(C(F)(F)F)nc3)c2)s1. The van der Waals surface area contributed by atoms with Gasteiger partial charge in [0.15, 0.2) is 0 Å². The van der Waals surface area contributed by atoms with Crippen LogP contribution < -0.4 is 30.0 Å². The molecule has 1 aromatic carbocycles. The molecule has 1 saturated heterocycles. The van der Waals surface area contributed by atoms with Gasteiger partial charge in [-0.05, 0) is 0 Å². The summed E-state index contributed by atoms with van der Waals surface area (Å²) < 4.78 is 50.2. The molecule has 7 nitrogen and oxygen atoms in total. The van der Waals surface area contributed by atoms with Gasteiger partial charge in [0.2, 0.25) is 0 Å². The van der Waals surface area contributed by atoms with Crippen molar-refractivity contribution >= 4 is 17.2 Å². The zero-order chi connectivity index (χ0) is 25.0. The van der Waals surface area contributed by atoms with E-state index in [1.807, 2.05) is 12.3 Å². The number of aromatic nitrogens is 3. The zero-order valence-electron chi connectivity index (χ0n) is 18.9. The van der Waals surface area contributed by atoms with Crippen LogP contribution in [0.2, 0.25) is 0 Å². The quantitative estimate of drug-likeness (QED) is 0.306. The first-order valence-electron chi connectivity index (χ1n) is 10.9. The Balaban J connectivity index is 1.54. The average molecular weight is 619 g/mol. The summed E-state index contributed by atoms with van der Waals surface area (Å²) in [4.78, 5) is 25.5. The van der Waals surface area contributed by atoms with E-state index in [1.54, 1.807) is 30.4 Å². The molecule has 4 rings (SSSR count). The van der Waals surface area contributed by atoms with E-state index in [4.69, 9.17) is 7.80 Å². The molecular formula is C23H23F3IN4O3S-. The molecular weight excluding hydrogens is 596 g/mol. The van der Waals surface area contributed by atoms with Gasteiger partial charge in [-0.25, -0.2) is 0 Å². The number of halogens is 4. The van der Waals surface area contributed by atoms with Gasteiger partial charge in [0.25, 0.3) is 0 Å². The van der Waals surface area contributed by atoms with Gasteiger partial charge in [0.1, 0.15) is 0 Å². The maximum atomic E-state index is 13.1. The molecule has 1 aliphatic rings. The fraction of sp³-hybridized carbons (Fsp3) is 0.391. The first kappa shape index (κ1) is 25.8. The van der Waals surface area contributed by atoms with Crippen molar-refractivity contribution in [2.24, 2.45) is 0 Å². The molecule has 1 unspecified atom stereocenters. The van der Waals surface area contributed by atoms with E-state index in [1.165, 1.54) is 0 Å². The number of ether oxygens (including phenoxy) is 1. The summed E-state index contributed by atoms with van der Waals surface area (Å²) in [5.41, 5.74) is 1.50. The molecule has 1 aliphatic heterocycles. The second kappa shape index (κ2) is 11.2. The van der Waals surface area contributed by atoms with Crippen molar-refractivity contribution in [3.8, 4) is 16.3 Å². The van der Waals surface area contributed by atoms with Crippen molar-refractivity contribution in [2.45, 2.75) is 42.8 Å². The Morgan fingerprint density at radius 1 is 1.26 bits per heavy atom. The monoisotopic (exact) mass is 619 g/mol. The summed E-state index contributed by atoms with van der Waals surface area (Å²) in [6, 6.07) is 4.71. The topological polar surface area (TPSA) is 86.2 Å². The van der Waals surface area contributed by atoms with Crippen molar-refractivity contribution < 1.29 is 47.4 Å². The molecule has 0 bridgehead atoms. The van der Waals surface area contributed by atoms with Crippen molar-refractivity contribution in [3.05, 3.63) is 58.6 Å². The molecule has 3 heterocycles. The van der Waals surface area contributed by atoms with Crippen LogP contribution in [0.3, 0.4) is 0 Å². The Hall–Kier alpha value is -2.32. The number of nitrogens with one attached hydrogen (secondary N) is 1. The number of rotatable bonds is 8. The van der Waals surface area contributed by atoms with Gasteiger partial charge in [-0.3, -0.25) is 0 Å². The molecule has 0 radical (unpaired) electrons. The van der Waals surface area contributed by atoms with Gasteiger partial charge in [-0.2, -0.15) is 13.2 Å². The number of hydrogen-bond acceptors (Lipinski definition) is 7. The maximum absolute atomic E-state index is 13.1. The van der Waals surface area contributed by atoms with Crippen molar-refractivity contribution in [2.75, 3.05) is 13.2 Å². The van der Waals surface area contributed by atoms with Crippen molar-refractivity contribution in [1.29, 1.82) is 0 Å². The van der Waals surface area contributed by atoms with E-state index in [9.17, 15) is 18.0 Å². The van der Waals surface area contributed by atoms with Gasteiger partial charge < -0.3 is 0 Å². The first-order valence-corrected chi connectivity index (χ1v) is 13.9. The Bertz CT molecular complexity index is 1170. The Kier molecular flexibility index (Phi) is 8.22. The zero-order valence-corrected chi connectivity index (χ0v) is 21.9. The van der Waals surface area contributed by atoms with Crippen molar-refractivity contribution in [3.63, 3.8) is 0 Å². The summed E-state index contributed by atoms with van der Waals surface area (Å²) in [5.74, 6) is -1.02. The van der Waals surface area contributed by atoms with Crippen LogP contribution in [0.5, 0.6) is 5.75 Å². The van der Waals surface area contributed by atoms with Crippen LogP contribution in [0.15, 0.2) is 36.8 Å². The molecule has 1 amide bonds. The second-order valence-corrected chi connectivity index (χ2v) is 11.7. The number of hydrogen-bond donors (Lipinski definition) is 1. The normalized spacial score (nSPS) is 16.9. The molecule has 0 spiro atoms. The van der Waals surface area contributed by atoms with Crippen LogP contribution >= 0.6 is 11.3 Å². The van der Waals surface area contributed by atoms with Gasteiger partial charge >= 0.3 is 203 Å². The number of thiazole rings is 1. The van der Waals surface area contributed by atoms with Crippen LogP contribution in [-0.4, -0.2) is 38.0 Å². The summed E-state index contributed by atoms with van der Waals surface area (Å²) in [5, 5.41) is 3.59. The minimum atomic E-state index is -4.62. The van der Waals surface area contributed by atoms with Crippen LogP contribution in [-0.2, 0) is 17.3 Å². The Labute approximate surface area is 215 Å². The minimum absolute atomic E-state index is 0.360. The molecule has 3 aromatic rings. The summed E-state index contributed by atoms with van der Waals surface area (Å²) in [6.45, 7) is 5.15. The third-order valence-corrected chi connectivity index (χ3v) is 8.88. The first-order chi connectivity index (χ1) is 16.7. The Morgan fingerprint density at radius 3 is 2.66 bits per heavy atom. The third-order valence-electron chi connectivity index (χ3n) is 5.22. The van der Waals surface area contributed by atoms with Gasteiger partial charge in [-0.1, -0.05) is 0 Å². The number of carbonyl (C=O) groups excluding carboxylic acids is 1. The van der Waals surface area contributed by atoms with Crippen LogP contribution in [0, 0.1) is 0 Å². The van der Waals surface area contributed by atoms with Crippen LogP contribution in [0.25, 0.3) is 10.6 Å². The number of nitrogens with zero attached hydrogens (tertiary/aromatic N) is 3. The predicted octanol–water partition coefficient (Wildman–Crippen LogP) is 1.84. The molecule has 2 atom stereocenters. The van der Waals surface area contributed by atoms with E-state index >= 15 is 0 Å². The van der Waals surface area contributed by atoms with E-state index < -0.39 is 45.6 Å². The standard InChI is InChI=1S/C23H23F3IN4O3S/c1-3-19-11-28-21(35-19)15-6-14(7-18(8-15)34-27-17-4-5-33-12-17)20(32)31-13(2)16-9-29-22(30-10-16)23(24,25)26/h6-11,13,17H,3-5,12H2,1-2H3,(H,31,32)/q-1/t13-,17?/m1/s1.